The highest BCUT2D eigenvalue weighted by Crippen LogP contribution is 2.24. The predicted octanol–water partition coefficient (Wildman–Crippen LogP) is -1.25. The van der Waals surface area contributed by atoms with Crippen molar-refractivity contribution in [1.29, 1.82) is 0 Å². The molecular formula is C13H18N2O4. The lowest BCUT2D eigenvalue weighted by atomic mass is 9.95. The van der Waals surface area contributed by atoms with Gasteiger partial charge in [-0.2, -0.15) is 0 Å². The van der Waals surface area contributed by atoms with Gasteiger partial charge in [0.1, 0.15) is 6.10 Å². The van der Waals surface area contributed by atoms with Crippen LogP contribution in [0.2, 0.25) is 0 Å². The molecule has 104 valence electrons. The van der Waals surface area contributed by atoms with E-state index in [2.05, 4.69) is 5.32 Å². The third-order valence-corrected chi connectivity index (χ3v) is 3.28. The molecule has 1 fully saturated rings. The quantitative estimate of drug-likeness (QED) is 0.545. The van der Waals surface area contributed by atoms with Gasteiger partial charge in [0.15, 0.2) is 5.60 Å². The molecule has 1 aromatic rings. The maximum Gasteiger partial charge on any atom is 0.257 e. The minimum absolute atomic E-state index is 0.0510. The molecule has 3 atom stereocenters. The van der Waals surface area contributed by atoms with E-state index < -0.39 is 23.7 Å². The largest absolute Gasteiger partial charge is 0.387 e. The molecule has 1 amide bonds. The molecular weight excluding hydrogens is 248 g/mol. The lowest BCUT2D eigenvalue weighted by Gasteiger charge is -2.24. The Hall–Kier alpha value is -1.47. The highest BCUT2D eigenvalue weighted by molar-refractivity contribution is 5.86. The van der Waals surface area contributed by atoms with E-state index in [0.29, 0.717) is 0 Å². The molecule has 0 aromatic heterocycles. The fourth-order valence-corrected chi connectivity index (χ4v) is 2.05. The number of aliphatic hydroxyl groups is 2. The molecule has 19 heavy (non-hydrogen) atoms. The third kappa shape index (κ3) is 2.76. The molecule has 2 rings (SSSR count). The first-order chi connectivity index (χ1) is 9.08. The highest BCUT2D eigenvalue weighted by atomic mass is 16.5. The van der Waals surface area contributed by atoms with Crippen molar-refractivity contribution in [2.75, 3.05) is 13.2 Å². The van der Waals surface area contributed by atoms with Gasteiger partial charge in [0.25, 0.3) is 5.91 Å². The number of carbonyl (C=O) groups is 1. The van der Waals surface area contributed by atoms with Crippen LogP contribution in [0.5, 0.6) is 0 Å². The number of rotatable bonds is 4. The Bertz CT molecular complexity index is 440. The lowest BCUT2D eigenvalue weighted by molar-refractivity contribution is -0.148. The average molecular weight is 266 g/mol. The zero-order valence-corrected chi connectivity index (χ0v) is 10.5. The summed E-state index contributed by atoms with van der Waals surface area (Å²) in [5.74, 6) is -0.653. The molecule has 1 aliphatic rings. The minimum atomic E-state index is -1.93. The van der Waals surface area contributed by atoms with Crippen LogP contribution in [0, 0.1) is 0 Å². The number of benzene rings is 1. The number of aliphatic hydroxyl groups excluding tert-OH is 1. The van der Waals surface area contributed by atoms with Gasteiger partial charge in [-0.3, -0.25) is 4.79 Å². The molecule has 0 bridgehead atoms. The van der Waals surface area contributed by atoms with Gasteiger partial charge in [0.05, 0.1) is 12.7 Å². The van der Waals surface area contributed by atoms with Gasteiger partial charge in [-0.05, 0) is 5.56 Å². The summed E-state index contributed by atoms with van der Waals surface area (Å²) in [6, 6.07) is 9.30. The number of amides is 1. The van der Waals surface area contributed by atoms with Gasteiger partial charge in [-0.1, -0.05) is 30.3 Å². The topological polar surface area (TPSA) is 105 Å². The number of nitrogens with one attached hydrogen (secondary N) is 1. The number of nitrogens with two attached hydrogens (primary N) is 1. The average Bonchev–Trinajstić information content (AvgIpc) is 2.74. The second-order valence-corrected chi connectivity index (χ2v) is 4.62. The molecule has 5 N–H and O–H groups in total. The Balaban J connectivity index is 1.96. The van der Waals surface area contributed by atoms with E-state index in [4.69, 9.17) is 10.5 Å². The summed E-state index contributed by atoms with van der Waals surface area (Å²) in [6.07, 6.45) is -2.03. The standard InChI is InChI=1S/C13H18N2O4/c14-6-10-11(16)13(18,8-19-10)12(17)15-7-9-4-2-1-3-5-9/h1-5,10-11,16,18H,6-8,14H2,(H,15,17)/t10-,11-,13-/m1/s1. The lowest BCUT2D eigenvalue weighted by Crippen LogP contribution is -2.56. The van der Waals surface area contributed by atoms with Crippen molar-refractivity contribution in [3.63, 3.8) is 0 Å². The monoisotopic (exact) mass is 266 g/mol. The van der Waals surface area contributed by atoms with Crippen LogP contribution >= 0.6 is 0 Å². The number of ether oxygens (including phenoxy) is 1. The fraction of sp³-hybridized carbons (Fsp3) is 0.462. The minimum Gasteiger partial charge on any atom is -0.387 e. The summed E-state index contributed by atoms with van der Waals surface area (Å²) < 4.78 is 5.12. The van der Waals surface area contributed by atoms with E-state index in [1.165, 1.54) is 0 Å². The van der Waals surface area contributed by atoms with Crippen LogP contribution in [0.15, 0.2) is 30.3 Å². The van der Waals surface area contributed by atoms with Gasteiger partial charge in [0.2, 0.25) is 0 Å². The smallest absolute Gasteiger partial charge is 0.257 e. The van der Waals surface area contributed by atoms with Crippen molar-refractivity contribution in [3.8, 4) is 0 Å². The van der Waals surface area contributed by atoms with E-state index in [9.17, 15) is 15.0 Å². The Morgan fingerprint density at radius 2 is 2.16 bits per heavy atom. The van der Waals surface area contributed by atoms with Crippen molar-refractivity contribution in [3.05, 3.63) is 35.9 Å². The van der Waals surface area contributed by atoms with Crippen LogP contribution in [0.25, 0.3) is 0 Å². The van der Waals surface area contributed by atoms with E-state index in [-0.39, 0.29) is 19.7 Å². The molecule has 0 aliphatic carbocycles. The molecule has 0 spiro atoms. The molecule has 1 heterocycles. The summed E-state index contributed by atoms with van der Waals surface area (Å²) in [5.41, 5.74) is 4.36. The fourth-order valence-electron chi connectivity index (χ4n) is 2.05. The molecule has 0 radical (unpaired) electrons. The first-order valence-corrected chi connectivity index (χ1v) is 6.12. The van der Waals surface area contributed by atoms with Crippen LogP contribution in [0.1, 0.15) is 5.56 Å². The summed E-state index contributed by atoms with van der Waals surface area (Å²) in [4.78, 5) is 12.0. The SMILES string of the molecule is NC[C@H]1OC[C@](O)(C(=O)NCc2ccccc2)[C@@H]1O. The van der Waals surface area contributed by atoms with Crippen LogP contribution in [-0.4, -0.2) is 47.1 Å². The number of carbonyl (C=O) groups excluding carboxylic acids is 1. The molecule has 0 saturated carbocycles. The van der Waals surface area contributed by atoms with Gasteiger partial charge < -0.3 is 26.0 Å². The Morgan fingerprint density at radius 3 is 2.74 bits per heavy atom. The van der Waals surface area contributed by atoms with Gasteiger partial charge in [-0.25, -0.2) is 0 Å². The summed E-state index contributed by atoms with van der Waals surface area (Å²) in [6.45, 7) is 0.0775. The predicted molar refractivity (Wildman–Crippen MR) is 68.0 cm³/mol. The van der Waals surface area contributed by atoms with E-state index in [1.54, 1.807) is 0 Å². The number of hydrogen-bond acceptors (Lipinski definition) is 5. The summed E-state index contributed by atoms with van der Waals surface area (Å²) >= 11 is 0. The Kier molecular flexibility index (Phi) is 4.16. The van der Waals surface area contributed by atoms with E-state index >= 15 is 0 Å². The van der Waals surface area contributed by atoms with Crippen LogP contribution < -0.4 is 11.1 Å². The maximum atomic E-state index is 12.0. The van der Waals surface area contributed by atoms with Crippen molar-refractivity contribution in [2.45, 2.75) is 24.4 Å². The maximum absolute atomic E-state index is 12.0. The van der Waals surface area contributed by atoms with Crippen molar-refractivity contribution >= 4 is 5.91 Å². The molecule has 0 unspecified atom stereocenters. The highest BCUT2D eigenvalue weighted by Gasteiger charge is 2.52. The summed E-state index contributed by atoms with van der Waals surface area (Å²) in [7, 11) is 0. The Morgan fingerprint density at radius 1 is 1.47 bits per heavy atom. The first kappa shape index (κ1) is 14.0. The van der Waals surface area contributed by atoms with Crippen molar-refractivity contribution in [2.24, 2.45) is 5.73 Å². The zero-order chi connectivity index (χ0) is 13.9. The van der Waals surface area contributed by atoms with Crippen LogP contribution in [0.3, 0.4) is 0 Å². The molecule has 6 heteroatoms. The van der Waals surface area contributed by atoms with E-state index in [0.717, 1.165) is 5.56 Å². The summed E-state index contributed by atoms with van der Waals surface area (Å²) in [5, 5.41) is 22.6. The van der Waals surface area contributed by atoms with Crippen LogP contribution in [-0.2, 0) is 16.1 Å². The zero-order valence-electron chi connectivity index (χ0n) is 10.5. The van der Waals surface area contributed by atoms with E-state index in [1.807, 2.05) is 30.3 Å². The van der Waals surface area contributed by atoms with Gasteiger partial charge in [0, 0.05) is 13.1 Å². The normalized spacial score (nSPS) is 30.3. The van der Waals surface area contributed by atoms with Gasteiger partial charge in [-0.15, -0.1) is 0 Å². The van der Waals surface area contributed by atoms with Crippen molar-refractivity contribution < 1.29 is 19.7 Å². The second-order valence-electron chi connectivity index (χ2n) is 4.62. The third-order valence-electron chi connectivity index (χ3n) is 3.28. The number of hydrogen-bond donors (Lipinski definition) is 4. The molecule has 1 aromatic carbocycles. The first-order valence-electron chi connectivity index (χ1n) is 6.12. The molecule has 1 saturated heterocycles. The molecule has 6 nitrogen and oxygen atoms in total. The second kappa shape index (κ2) is 5.66. The van der Waals surface area contributed by atoms with Crippen LogP contribution in [0.4, 0.5) is 0 Å². The van der Waals surface area contributed by atoms with Gasteiger partial charge >= 0.3 is 0 Å². The molecule has 1 aliphatic heterocycles. The Labute approximate surface area is 111 Å². The van der Waals surface area contributed by atoms with Crippen molar-refractivity contribution in [1.82, 2.24) is 5.32 Å².